The van der Waals surface area contributed by atoms with Gasteiger partial charge < -0.3 is 9.55 Å². The zero-order valence-corrected chi connectivity index (χ0v) is 21.2. The van der Waals surface area contributed by atoms with Crippen LogP contribution in [0.4, 0.5) is 4.39 Å². The molecule has 2 fully saturated rings. The first-order valence-corrected chi connectivity index (χ1v) is 13.3. The number of hydrogen-bond donors (Lipinski definition) is 1. The topological polar surface area (TPSA) is 94.3 Å². The first-order chi connectivity index (χ1) is 18.5. The SMILES string of the molecule is Cn1cnnc1-c1cc(F)ccc1-c1cc(C2CC2)nc(-n2cnc3cc(CC4CCCC4)[nH]c3c2=O)c1. The van der Waals surface area contributed by atoms with Crippen LogP contribution in [0, 0.1) is 11.7 Å². The Bertz CT molecular complexity index is 1720. The van der Waals surface area contributed by atoms with E-state index in [4.69, 9.17) is 4.98 Å². The number of fused-ring (bicyclic) bond motifs is 1. The molecule has 38 heavy (non-hydrogen) atoms. The number of H-pyrrole nitrogens is 1. The van der Waals surface area contributed by atoms with Crippen LogP contribution in [0.5, 0.6) is 0 Å². The highest BCUT2D eigenvalue weighted by Gasteiger charge is 2.27. The summed E-state index contributed by atoms with van der Waals surface area (Å²) in [6.45, 7) is 0. The lowest BCUT2D eigenvalue weighted by molar-refractivity contribution is 0.541. The van der Waals surface area contributed by atoms with Crippen molar-refractivity contribution in [2.24, 2.45) is 13.0 Å². The molecule has 0 unspecified atom stereocenters. The smallest absolute Gasteiger partial charge is 0.283 e. The number of nitrogens with zero attached hydrogens (tertiary/aromatic N) is 6. The van der Waals surface area contributed by atoms with Crippen molar-refractivity contribution in [3.8, 4) is 28.3 Å². The molecular formula is C29H28FN7O. The molecular weight excluding hydrogens is 481 g/mol. The minimum Gasteiger partial charge on any atom is -0.353 e. The highest BCUT2D eigenvalue weighted by atomic mass is 19.1. The summed E-state index contributed by atoms with van der Waals surface area (Å²) >= 11 is 0. The Morgan fingerprint density at radius 2 is 1.87 bits per heavy atom. The van der Waals surface area contributed by atoms with Gasteiger partial charge in [-0.1, -0.05) is 31.7 Å². The molecule has 2 aliphatic carbocycles. The molecule has 0 aliphatic heterocycles. The largest absolute Gasteiger partial charge is 0.353 e. The number of halogens is 1. The molecule has 9 heteroatoms. The van der Waals surface area contributed by atoms with E-state index in [1.807, 2.05) is 25.2 Å². The van der Waals surface area contributed by atoms with Crippen molar-refractivity contribution < 1.29 is 4.39 Å². The predicted molar refractivity (Wildman–Crippen MR) is 143 cm³/mol. The average Bonchev–Trinajstić information content (AvgIpc) is 3.25. The first-order valence-electron chi connectivity index (χ1n) is 13.3. The third-order valence-corrected chi connectivity index (χ3v) is 7.90. The van der Waals surface area contributed by atoms with Gasteiger partial charge in [-0.15, -0.1) is 10.2 Å². The van der Waals surface area contributed by atoms with E-state index < -0.39 is 0 Å². The second kappa shape index (κ2) is 9.01. The van der Waals surface area contributed by atoms with Gasteiger partial charge in [0.1, 0.15) is 29.8 Å². The molecule has 4 aromatic heterocycles. The van der Waals surface area contributed by atoms with Gasteiger partial charge in [-0.25, -0.2) is 18.9 Å². The number of benzene rings is 1. The normalized spacial score (nSPS) is 16.1. The summed E-state index contributed by atoms with van der Waals surface area (Å²) in [6.07, 6.45) is 11.3. The number of nitrogens with one attached hydrogen (secondary N) is 1. The molecule has 0 spiro atoms. The molecule has 0 amide bonds. The fourth-order valence-electron chi connectivity index (χ4n) is 5.74. The van der Waals surface area contributed by atoms with E-state index in [2.05, 4.69) is 20.2 Å². The molecule has 0 radical (unpaired) electrons. The monoisotopic (exact) mass is 509 g/mol. The van der Waals surface area contributed by atoms with Gasteiger partial charge in [0.15, 0.2) is 5.82 Å². The molecule has 0 bridgehead atoms. The summed E-state index contributed by atoms with van der Waals surface area (Å²) in [4.78, 5) is 26.5. The van der Waals surface area contributed by atoms with Gasteiger partial charge in [0.25, 0.3) is 5.56 Å². The van der Waals surface area contributed by atoms with Gasteiger partial charge in [-0.3, -0.25) is 4.79 Å². The van der Waals surface area contributed by atoms with Crippen molar-refractivity contribution in [3.63, 3.8) is 0 Å². The Morgan fingerprint density at radius 1 is 1.03 bits per heavy atom. The van der Waals surface area contributed by atoms with E-state index in [-0.39, 0.29) is 11.4 Å². The maximum Gasteiger partial charge on any atom is 0.283 e. The second-order valence-corrected chi connectivity index (χ2v) is 10.7. The quantitative estimate of drug-likeness (QED) is 0.334. The summed E-state index contributed by atoms with van der Waals surface area (Å²) in [5.41, 5.74) is 5.27. The second-order valence-electron chi connectivity index (χ2n) is 10.7. The maximum atomic E-state index is 14.4. The molecule has 0 atom stereocenters. The zero-order chi connectivity index (χ0) is 25.8. The highest BCUT2D eigenvalue weighted by molar-refractivity contribution is 5.82. The van der Waals surface area contributed by atoms with E-state index >= 15 is 0 Å². The Kier molecular flexibility index (Phi) is 5.45. The lowest BCUT2D eigenvalue weighted by Gasteiger charge is -2.13. The van der Waals surface area contributed by atoms with Crippen LogP contribution < -0.4 is 5.56 Å². The van der Waals surface area contributed by atoms with E-state index in [0.29, 0.717) is 40.1 Å². The predicted octanol–water partition coefficient (Wildman–Crippen LogP) is 5.32. The van der Waals surface area contributed by atoms with Gasteiger partial charge >= 0.3 is 0 Å². The lowest BCUT2D eigenvalue weighted by Crippen LogP contribution is -2.20. The highest BCUT2D eigenvalue weighted by Crippen LogP contribution is 2.41. The number of rotatable bonds is 6. The summed E-state index contributed by atoms with van der Waals surface area (Å²) in [7, 11) is 1.83. The molecule has 192 valence electrons. The number of aromatic amines is 1. The maximum absolute atomic E-state index is 14.4. The summed E-state index contributed by atoms with van der Waals surface area (Å²) in [5, 5.41) is 8.19. The minimum absolute atomic E-state index is 0.174. The molecule has 7 rings (SSSR count). The van der Waals surface area contributed by atoms with Gasteiger partial charge in [0, 0.05) is 29.9 Å². The minimum atomic E-state index is -0.352. The van der Waals surface area contributed by atoms with Gasteiger partial charge in [0.05, 0.1) is 5.52 Å². The summed E-state index contributed by atoms with van der Waals surface area (Å²) < 4.78 is 17.6. The number of aromatic nitrogens is 7. The van der Waals surface area contributed by atoms with Crippen LogP contribution in [-0.4, -0.2) is 34.3 Å². The van der Waals surface area contributed by atoms with E-state index in [0.717, 1.165) is 41.8 Å². The fraction of sp³-hybridized carbons (Fsp3) is 0.345. The van der Waals surface area contributed by atoms with Crippen LogP contribution in [0.2, 0.25) is 0 Å². The number of aryl methyl sites for hydroxylation is 1. The van der Waals surface area contributed by atoms with Crippen molar-refractivity contribution >= 4 is 11.0 Å². The summed E-state index contributed by atoms with van der Waals surface area (Å²) in [5.74, 6) is 1.73. The number of hydrogen-bond acceptors (Lipinski definition) is 5. The van der Waals surface area contributed by atoms with Crippen molar-refractivity contribution in [3.05, 3.63) is 76.6 Å². The first kappa shape index (κ1) is 23.0. The molecule has 1 N–H and O–H groups in total. The van der Waals surface area contributed by atoms with Crippen LogP contribution in [0.25, 0.3) is 39.4 Å². The third kappa shape index (κ3) is 4.12. The molecule has 2 saturated carbocycles. The molecule has 8 nitrogen and oxygen atoms in total. The van der Waals surface area contributed by atoms with Crippen LogP contribution in [0.3, 0.4) is 0 Å². The van der Waals surface area contributed by atoms with E-state index in [1.54, 1.807) is 23.3 Å². The lowest BCUT2D eigenvalue weighted by atomic mass is 9.98. The fourth-order valence-corrected chi connectivity index (χ4v) is 5.74. The molecule has 5 aromatic rings. The van der Waals surface area contributed by atoms with Crippen molar-refractivity contribution in [1.29, 1.82) is 0 Å². The number of pyridine rings is 1. The van der Waals surface area contributed by atoms with Crippen LogP contribution in [0.1, 0.15) is 55.8 Å². The van der Waals surface area contributed by atoms with Crippen molar-refractivity contribution in [2.75, 3.05) is 0 Å². The van der Waals surface area contributed by atoms with Crippen molar-refractivity contribution in [1.82, 2.24) is 34.3 Å². The summed E-state index contributed by atoms with van der Waals surface area (Å²) in [6, 6.07) is 10.6. The average molecular weight is 510 g/mol. The zero-order valence-electron chi connectivity index (χ0n) is 21.2. The van der Waals surface area contributed by atoms with Crippen LogP contribution >= 0.6 is 0 Å². The van der Waals surface area contributed by atoms with Gasteiger partial charge in [-0.2, -0.15) is 0 Å². The molecule has 1 aromatic carbocycles. The molecule has 0 saturated heterocycles. The van der Waals surface area contributed by atoms with Crippen molar-refractivity contribution in [2.45, 2.75) is 50.9 Å². The van der Waals surface area contributed by atoms with Gasteiger partial charge in [-0.05, 0) is 66.6 Å². The molecule has 4 heterocycles. The Hall–Kier alpha value is -4.14. The van der Waals surface area contributed by atoms with E-state index in [1.165, 1.54) is 42.4 Å². The van der Waals surface area contributed by atoms with Gasteiger partial charge in [0.2, 0.25) is 0 Å². The standard InChI is InChI=1S/C29H28FN7O/c1-36-16-32-35-28(36)23-13-20(30)8-9-22(23)19-11-24(18-6-7-18)34-26(12-19)37-15-31-25-14-21(33-27(25)29(37)38)10-17-4-2-3-5-17/h8-9,11-18,33H,2-7,10H2,1H3. The Balaban J connectivity index is 1.35. The van der Waals surface area contributed by atoms with E-state index in [9.17, 15) is 9.18 Å². The molecule has 2 aliphatic rings. The Labute approximate surface area is 218 Å². The third-order valence-electron chi connectivity index (χ3n) is 7.90. The van der Waals surface area contributed by atoms with Crippen LogP contribution in [-0.2, 0) is 13.5 Å². The van der Waals surface area contributed by atoms with Crippen LogP contribution in [0.15, 0.2) is 53.8 Å². The Morgan fingerprint density at radius 3 is 2.63 bits per heavy atom.